The van der Waals surface area contributed by atoms with Crippen LogP contribution in [-0.2, 0) is 17.7 Å². The van der Waals surface area contributed by atoms with Crippen molar-refractivity contribution in [2.45, 2.75) is 52.1 Å². The Hall–Kier alpha value is -1.13. The van der Waals surface area contributed by atoms with Gasteiger partial charge in [0.25, 0.3) is 5.56 Å². The summed E-state index contributed by atoms with van der Waals surface area (Å²) < 4.78 is 7.44. The average molecular weight is 278 g/mol. The fourth-order valence-corrected chi connectivity index (χ4v) is 2.97. The number of pyridine rings is 1. The SMILES string of the molecule is CCCOCCn1c2c(ccc1=O)C(NCC)CCC2. The van der Waals surface area contributed by atoms with E-state index in [0.29, 0.717) is 19.2 Å². The van der Waals surface area contributed by atoms with Crippen molar-refractivity contribution in [2.75, 3.05) is 19.8 Å². The van der Waals surface area contributed by atoms with Crippen LogP contribution in [-0.4, -0.2) is 24.3 Å². The summed E-state index contributed by atoms with van der Waals surface area (Å²) in [7, 11) is 0. The standard InChI is InChI=1S/C16H26N2O2/c1-3-11-20-12-10-18-15-7-5-6-14(17-4-2)13(15)8-9-16(18)19/h8-9,14,17H,3-7,10-12H2,1-2H3. The molecule has 0 bridgehead atoms. The van der Waals surface area contributed by atoms with E-state index in [9.17, 15) is 4.79 Å². The summed E-state index contributed by atoms with van der Waals surface area (Å²) in [4.78, 5) is 12.1. The van der Waals surface area contributed by atoms with E-state index in [-0.39, 0.29) is 5.56 Å². The monoisotopic (exact) mass is 278 g/mol. The molecule has 2 rings (SSSR count). The van der Waals surface area contributed by atoms with Crippen molar-refractivity contribution < 1.29 is 4.74 Å². The molecule has 0 saturated carbocycles. The Morgan fingerprint density at radius 3 is 2.95 bits per heavy atom. The van der Waals surface area contributed by atoms with E-state index in [1.54, 1.807) is 6.07 Å². The lowest BCUT2D eigenvalue weighted by molar-refractivity contribution is 0.125. The van der Waals surface area contributed by atoms with E-state index in [4.69, 9.17) is 4.74 Å². The van der Waals surface area contributed by atoms with E-state index >= 15 is 0 Å². The second kappa shape index (κ2) is 7.60. The molecule has 0 aromatic carbocycles. The van der Waals surface area contributed by atoms with Crippen molar-refractivity contribution in [3.05, 3.63) is 33.7 Å². The van der Waals surface area contributed by atoms with Crippen LogP contribution in [0.15, 0.2) is 16.9 Å². The third-order valence-electron chi connectivity index (χ3n) is 3.87. The summed E-state index contributed by atoms with van der Waals surface area (Å²) >= 11 is 0. The summed E-state index contributed by atoms with van der Waals surface area (Å²) in [6.45, 7) is 7.24. The van der Waals surface area contributed by atoms with Crippen molar-refractivity contribution in [1.82, 2.24) is 9.88 Å². The molecule has 1 aromatic heterocycles. The molecule has 1 N–H and O–H groups in total. The van der Waals surface area contributed by atoms with Crippen LogP contribution >= 0.6 is 0 Å². The quantitative estimate of drug-likeness (QED) is 0.778. The lowest BCUT2D eigenvalue weighted by Crippen LogP contribution is -2.32. The van der Waals surface area contributed by atoms with Crippen LogP contribution in [0.2, 0.25) is 0 Å². The lowest BCUT2D eigenvalue weighted by Gasteiger charge is -2.28. The summed E-state index contributed by atoms with van der Waals surface area (Å²) in [6.07, 6.45) is 4.32. The molecule has 1 aliphatic rings. The second-order valence-corrected chi connectivity index (χ2v) is 5.34. The Morgan fingerprint density at radius 2 is 2.20 bits per heavy atom. The van der Waals surface area contributed by atoms with Crippen molar-refractivity contribution in [3.63, 3.8) is 0 Å². The normalized spacial score (nSPS) is 18.0. The first-order chi connectivity index (χ1) is 9.77. The van der Waals surface area contributed by atoms with Gasteiger partial charge in [-0.05, 0) is 37.8 Å². The minimum Gasteiger partial charge on any atom is -0.380 e. The van der Waals surface area contributed by atoms with Crippen LogP contribution in [0, 0.1) is 0 Å². The number of rotatable bonds is 7. The van der Waals surface area contributed by atoms with Crippen LogP contribution in [0.5, 0.6) is 0 Å². The van der Waals surface area contributed by atoms with Gasteiger partial charge < -0.3 is 14.6 Å². The summed E-state index contributed by atoms with van der Waals surface area (Å²) in [5, 5.41) is 3.52. The van der Waals surface area contributed by atoms with Gasteiger partial charge in [0.1, 0.15) is 0 Å². The van der Waals surface area contributed by atoms with Crippen molar-refractivity contribution in [3.8, 4) is 0 Å². The van der Waals surface area contributed by atoms with Gasteiger partial charge in [0, 0.05) is 31.0 Å². The molecular formula is C16H26N2O2. The van der Waals surface area contributed by atoms with Gasteiger partial charge in [-0.3, -0.25) is 4.79 Å². The molecule has 1 aromatic rings. The van der Waals surface area contributed by atoms with Crippen LogP contribution < -0.4 is 10.9 Å². The Morgan fingerprint density at radius 1 is 1.35 bits per heavy atom. The third kappa shape index (κ3) is 3.49. The molecular weight excluding hydrogens is 252 g/mol. The molecule has 1 aliphatic carbocycles. The number of hydrogen-bond acceptors (Lipinski definition) is 3. The van der Waals surface area contributed by atoms with Crippen LogP contribution in [0.4, 0.5) is 0 Å². The molecule has 4 nitrogen and oxygen atoms in total. The Kier molecular flexibility index (Phi) is 5.80. The van der Waals surface area contributed by atoms with E-state index < -0.39 is 0 Å². The summed E-state index contributed by atoms with van der Waals surface area (Å²) in [5.74, 6) is 0. The van der Waals surface area contributed by atoms with Crippen molar-refractivity contribution in [1.29, 1.82) is 0 Å². The molecule has 0 spiro atoms. The topological polar surface area (TPSA) is 43.3 Å². The van der Waals surface area contributed by atoms with Gasteiger partial charge in [-0.15, -0.1) is 0 Å². The molecule has 0 saturated heterocycles. The van der Waals surface area contributed by atoms with Crippen molar-refractivity contribution in [2.24, 2.45) is 0 Å². The Bertz CT molecular complexity index is 482. The number of nitrogens with one attached hydrogen (secondary N) is 1. The van der Waals surface area contributed by atoms with Gasteiger partial charge in [0.2, 0.25) is 0 Å². The fourth-order valence-electron chi connectivity index (χ4n) is 2.97. The molecule has 20 heavy (non-hydrogen) atoms. The molecule has 112 valence electrons. The molecule has 1 unspecified atom stereocenters. The van der Waals surface area contributed by atoms with Gasteiger partial charge >= 0.3 is 0 Å². The van der Waals surface area contributed by atoms with Crippen LogP contribution in [0.25, 0.3) is 0 Å². The molecule has 0 aliphatic heterocycles. The van der Waals surface area contributed by atoms with Gasteiger partial charge in [-0.1, -0.05) is 19.9 Å². The predicted octanol–water partition coefficient (Wildman–Crippen LogP) is 2.26. The van der Waals surface area contributed by atoms with E-state index in [2.05, 4.69) is 19.2 Å². The molecule has 4 heteroatoms. The predicted molar refractivity (Wildman–Crippen MR) is 81.2 cm³/mol. The fraction of sp³-hybridized carbons (Fsp3) is 0.688. The molecule has 0 fully saturated rings. The lowest BCUT2D eigenvalue weighted by atomic mass is 9.91. The molecule has 1 heterocycles. The maximum atomic E-state index is 12.1. The van der Waals surface area contributed by atoms with Gasteiger partial charge in [-0.2, -0.15) is 0 Å². The highest BCUT2D eigenvalue weighted by atomic mass is 16.5. The molecule has 0 radical (unpaired) electrons. The zero-order valence-corrected chi connectivity index (χ0v) is 12.7. The second-order valence-electron chi connectivity index (χ2n) is 5.34. The number of hydrogen-bond donors (Lipinski definition) is 1. The highest BCUT2D eigenvalue weighted by Crippen LogP contribution is 2.28. The number of fused-ring (bicyclic) bond motifs is 1. The molecule has 0 amide bonds. The summed E-state index contributed by atoms with van der Waals surface area (Å²) in [6, 6.07) is 4.11. The highest BCUT2D eigenvalue weighted by molar-refractivity contribution is 5.27. The summed E-state index contributed by atoms with van der Waals surface area (Å²) in [5.41, 5.74) is 2.60. The van der Waals surface area contributed by atoms with E-state index in [1.165, 1.54) is 11.3 Å². The smallest absolute Gasteiger partial charge is 0.250 e. The van der Waals surface area contributed by atoms with Crippen LogP contribution in [0.1, 0.15) is 50.4 Å². The van der Waals surface area contributed by atoms with Crippen molar-refractivity contribution >= 4 is 0 Å². The van der Waals surface area contributed by atoms with E-state index in [1.807, 2.05) is 10.6 Å². The third-order valence-corrected chi connectivity index (χ3v) is 3.87. The van der Waals surface area contributed by atoms with Gasteiger partial charge in [-0.25, -0.2) is 0 Å². The number of ether oxygens (including phenoxy) is 1. The Labute approximate surface area is 121 Å². The number of nitrogens with zero attached hydrogens (tertiary/aromatic N) is 1. The zero-order valence-electron chi connectivity index (χ0n) is 12.7. The Balaban J connectivity index is 2.18. The van der Waals surface area contributed by atoms with Gasteiger partial charge in [0.15, 0.2) is 0 Å². The first-order valence-electron chi connectivity index (χ1n) is 7.81. The molecule has 1 atom stereocenters. The first-order valence-corrected chi connectivity index (χ1v) is 7.81. The van der Waals surface area contributed by atoms with Crippen LogP contribution in [0.3, 0.4) is 0 Å². The number of aromatic nitrogens is 1. The minimum absolute atomic E-state index is 0.0981. The largest absolute Gasteiger partial charge is 0.380 e. The van der Waals surface area contributed by atoms with Gasteiger partial charge in [0.05, 0.1) is 6.61 Å². The minimum atomic E-state index is 0.0981. The first kappa shape index (κ1) is 15.3. The average Bonchev–Trinajstić information content (AvgIpc) is 2.46. The maximum Gasteiger partial charge on any atom is 0.250 e. The van der Waals surface area contributed by atoms with E-state index in [0.717, 1.165) is 38.8 Å². The maximum absolute atomic E-state index is 12.1. The zero-order chi connectivity index (χ0) is 14.4. The highest BCUT2D eigenvalue weighted by Gasteiger charge is 2.22.